The second-order valence-corrected chi connectivity index (χ2v) is 5.85. The number of ether oxygens (including phenoxy) is 2. The van der Waals surface area contributed by atoms with Crippen molar-refractivity contribution < 1.29 is 14.6 Å². The van der Waals surface area contributed by atoms with Crippen LogP contribution in [0.5, 0.6) is 11.5 Å². The Bertz CT molecular complexity index is 605. The first-order valence-electron chi connectivity index (χ1n) is 7.68. The molecule has 124 valence electrons. The van der Waals surface area contributed by atoms with Crippen molar-refractivity contribution in [1.29, 1.82) is 0 Å². The normalized spacial score (nSPS) is 10.6. The van der Waals surface area contributed by atoms with Crippen LogP contribution in [0.3, 0.4) is 0 Å². The first-order valence-corrected chi connectivity index (χ1v) is 8.47. The summed E-state index contributed by atoms with van der Waals surface area (Å²) in [4.78, 5) is 0. The van der Waals surface area contributed by atoms with Gasteiger partial charge in [-0.2, -0.15) is 0 Å². The predicted octanol–water partition coefficient (Wildman–Crippen LogP) is 3.51. The topological polar surface area (TPSA) is 50.7 Å². The van der Waals surface area contributed by atoms with E-state index in [0.29, 0.717) is 32.1 Å². The SMILES string of the molecule is CCOc1cc(CNCCO)c(Br)cc1OCc1ccccc1. The van der Waals surface area contributed by atoms with Crippen LogP contribution in [0.4, 0.5) is 0 Å². The van der Waals surface area contributed by atoms with Crippen molar-refractivity contribution in [2.75, 3.05) is 19.8 Å². The molecule has 4 nitrogen and oxygen atoms in total. The van der Waals surface area contributed by atoms with Crippen LogP contribution in [0.25, 0.3) is 0 Å². The Kier molecular flexibility index (Phi) is 7.39. The number of rotatable bonds is 9. The molecule has 0 radical (unpaired) electrons. The fourth-order valence-corrected chi connectivity index (χ4v) is 2.59. The minimum absolute atomic E-state index is 0.119. The largest absolute Gasteiger partial charge is 0.490 e. The first-order chi connectivity index (χ1) is 11.2. The molecule has 0 bridgehead atoms. The third-order valence-corrected chi connectivity index (χ3v) is 3.99. The summed E-state index contributed by atoms with van der Waals surface area (Å²) in [6.45, 7) is 4.35. The standard InChI is InChI=1S/C18H22BrNO3/c1-2-22-17-10-15(12-20-8-9-21)16(19)11-18(17)23-13-14-6-4-3-5-7-14/h3-7,10-11,20-21H,2,8-9,12-13H2,1H3. The van der Waals surface area contributed by atoms with Crippen LogP contribution in [0, 0.1) is 0 Å². The summed E-state index contributed by atoms with van der Waals surface area (Å²) >= 11 is 3.57. The molecular weight excluding hydrogens is 358 g/mol. The Balaban J connectivity index is 2.12. The van der Waals surface area contributed by atoms with Gasteiger partial charge < -0.3 is 19.9 Å². The Morgan fingerprint density at radius 3 is 2.52 bits per heavy atom. The number of hydrogen-bond donors (Lipinski definition) is 2. The second-order valence-electron chi connectivity index (χ2n) is 5.00. The molecule has 0 saturated carbocycles. The zero-order valence-corrected chi connectivity index (χ0v) is 14.8. The van der Waals surface area contributed by atoms with E-state index in [-0.39, 0.29) is 6.61 Å². The minimum Gasteiger partial charge on any atom is -0.490 e. The van der Waals surface area contributed by atoms with Crippen LogP contribution in [0.15, 0.2) is 46.9 Å². The molecule has 0 aliphatic rings. The van der Waals surface area contributed by atoms with Gasteiger partial charge in [0.15, 0.2) is 11.5 Å². The zero-order valence-electron chi connectivity index (χ0n) is 13.2. The maximum absolute atomic E-state index is 8.86. The average molecular weight is 380 g/mol. The first kappa shape index (κ1) is 17.8. The quantitative estimate of drug-likeness (QED) is 0.654. The number of aliphatic hydroxyl groups is 1. The second kappa shape index (κ2) is 9.55. The molecule has 2 N–H and O–H groups in total. The third kappa shape index (κ3) is 5.53. The van der Waals surface area contributed by atoms with Crippen LogP contribution in [0.2, 0.25) is 0 Å². The van der Waals surface area contributed by atoms with Crippen molar-refractivity contribution in [2.24, 2.45) is 0 Å². The maximum atomic E-state index is 8.86. The summed E-state index contributed by atoms with van der Waals surface area (Å²) in [5.41, 5.74) is 2.17. The van der Waals surface area contributed by atoms with Crippen molar-refractivity contribution in [3.63, 3.8) is 0 Å². The van der Waals surface area contributed by atoms with Crippen LogP contribution < -0.4 is 14.8 Å². The average Bonchev–Trinajstić information content (AvgIpc) is 2.57. The van der Waals surface area contributed by atoms with E-state index >= 15 is 0 Å². The number of aliphatic hydroxyl groups excluding tert-OH is 1. The fraction of sp³-hybridized carbons (Fsp3) is 0.333. The highest BCUT2D eigenvalue weighted by atomic mass is 79.9. The number of nitrogens with one attached hydrogen (secondary N) is 1. The van der Waals surface area contributed by atoms with Gasteiger partial charge in [-0.1, -0.05) is 46.3 Å². The molecule has 0 saturated heterocycles. The van der Waals surface area contributed by atoms with Crippen molar-refractivity contribution in [3.05, 3.63) is 58.1 Å². The molecule has 0 aliphatic heterocycles. The molecule has 0 atom stereocenters. The molecule has 0 aromatic heterocycles. The van der Waals surface area contributed by atoms with E-state index in [2.05, 4.69) is 21.2 Å². The number of hydrogen-bond acceptors (Lipinski definition) is 4. The Labute approximate surface area is 145 Å². The number of benzene rings is 2. The molecule has 0 aliphatic carbocycles. The Morgan fingerprint density at radius 1 is 1.09 bits per heavy atom. The lowest BCUT2D eigenvalue weighted by Gasteiger charge is -2.15. The van der Waals surface area contributed by atoms with Crippen LogP contribution in [-0.4, -0.2) is 24.9 Å². The lowest BCUT2D eigenvalue weighted by molar-refractivity contribution is 0.268. The van der Waals surface area contributed by atoms with E-state index in [1.54, 1.807) is 0 Å². The molecule has 23 heavy (non-hydrogen) atoms. The fourth-order valence-electron chi connectivity index (χ4n) is 2.13. The maximum Gasteiger partial charge on any atom is 0.162 e. The summed E-state index contributed by atoms with van der Waals surface area (Å²) in [5.74, 6) is 1.45. The van der Waals surface area contributed by atoms with E-state index in [1.807, 2.05) is 49.4 Å². The van der Waals surface area contributed by atoms with E-state index < -0.39 is 0 Å². The summed E-state index contributed by atoms with van der Waals surface area (Å²) in [6, 6.07) is 13.9. The van der Waals surface area contributed by atoms with Gasteiger partial charge in [-0.05, 0) is 30.2 Å². The van der Waals surface area contributed by atoms with Gasteiger partial charge in [0.1, 0.15) is 6.61 Å². The predicted molar refractivity (Wildman–Crippen MR) is 94.9 cm³/mol. The van der Waals surface area contributed by atoms with Crippen LogP contribution >= 0.6 is 15.9 Å². The Morgan fingerprint density at radius 2 is 1.83 bits per heavy atom. The van der Waals surface area contributed by atoms with Crippen LogP contribution in [0.1, 0.15) is 18.1 Å². The van der Waals surface area contributed by atoms with E-state index in [4.69, 9.17) is 14.6 Å². The molecular formula is C18H22BrNO3. The molecule has 0 amide bonds. The molecule has 0 fully saturated rings. The van der Waals surface area contributed by atoms with Crippen molar-refractivity contribution in [2.45, 2.75) is 20.1 Å². The number of halogens is 1. The van der Waals surface area contributed by atoms with Gasteiger partial charge in [-0.25, -0.2) is 0 Å². The minimum atomic E-state index is 0.119. The summed E-state index contributed by atoms with van der Waals surface area (Å²) in [6.07, 6.45) is 0. The van der Waals surface area contributed by atoms with E-state index in [9.17, 15) is 0 Å². The molecule has 5 heteroatoms. The highest BCUT2D eigenvalue weighted by Gasteiger charge is 2.11. The highest BCUT2D eigenvalue weighted by molar-refractivity contribution is 9.10. The smallest absolute Gasteiger partial charge is 0.162 e. The Hall–Kier alpha value is -1.56. The van der Waals surface area contributed by atoms with Gasteiger partial charge in [-0.3, -0.25) is 0 Å². The lowest BCUT2D eigenvalue weighted by atomic mass is 10.2. The summed E-state index contributed by atoms with van der Waals surface area (Å²) in [7, 11) is 0. The third-order valence-electron chi connectivity index (χ3n) is 3.25. The van der Waals surface area contributed by atoms with E-state index in [1.165, 1.54) is 0 Å². The van der Waals surface area contributed by atoms with Gasteiger partial charge in [0, 0.05) is 17.6 Å². The molecule has 2 aromatic rings. The zero-order chi connectivity index (χ0) is 16.5. The molecule has 0 unspecified atom stereocenters. The van der Waals surface area contributed by atoms with Crippen molar-refractivity contribution in [1.82, 2.24) is 5.32 Å². The van der Waals surface area contributed by atoms with Gasteiger partial charge in [0.2, 0.25) is 0 Å². The highest BCUT2D eigenvalue weighted by Crippen LogP contribution is 2.34. The van der Waals surface area contributed by atoms with Gasteiger partial charge >= 0.3 is 0 Å². The molecule has 0 spiro atoms. The molecule has 0 heterocycles. The summed E-state index contributed by atoms with van der Waals surface area (Å²) < 4.78 is 12.6. The van der Waals surface area contributed by atoms with Gasteiger partial charge in [0.25, 0.3) is 0 Å². The van der Waals surface area contributed by atoms with Gasteiger partial charge in [-0.15, -0.1) is 0 Å². The monoisotopic (exact) mass is 379 g/mol. The van der Waals surface area contributed by atoms with Crippen molar-refractivity contribution in [3.8, 4) is 11.5 Å². The molecule has 2 aromatic carbocycles. The van der Waals surface area contributed by atoms with Crippen molar-refractivity contribution >= 4 is 15.9 Å². The van der Waals surface area contributed by atoms with Crippen LogP contribution in [-0.2, 0) is 13.2 Å². The van der Waals surface area contributed by atoms with Gasteiger partial charge in [0.05, 0.1) is 13.2 Å². The lowest BCUT2D eigenvalue weighted by Crippen LogP contribution is -2.17. The summed E-state index contributed by atoms with van der Waals surface area (Å²) in [5, 5.41) is 12.0. The molecule has 2 rings (SSSR count). The van der Waals surface area contributed by atoms with E-state index in [0.717, 1.165) is 21.3 Å².